The molecule has 0 aliphatic heterocycles. The Morgan fingerprint density at radius 2 is 0.221 bits per heavy atom. The van der Waals surface area contributed by atoms with Gasteiger partial charge in [-0.05, 0) is 97.1 Å². The molecule has 12 N–H and O–H groups in total. The summed E-state index contributed by atoms with van der Waals surface area (Å²) in [6.07, 6.45) is 0. The van der Waals surface area contributed by atoms with Gasteiger partial charge in [-0.25, -0.2) is 38.4 Å². The lowest BCUT2D eigenvalue weighted by molar-refractivity contribution is -0.941. The van der Waals surface area contributed by atoms with Crippen LogP contribution in [0.1, 0.15) is 150 Å². The number of aromatic carboxylic acids is 8. The summed E-state index contributed by atoms with van der Waals surface area (Å²) in [6, 6.07) is 71.5. The summed E-state index contributed by atoms with van der Waals surface area (Å²) in [7, 11) is 0. The van der Waals surface area contributed by atoms with Crippen LogP contribution in [0.5, 0.6) is 0 Å². The quantitative estimate of drug-likeness (QED) is 0.0192. The van der Waals surface area contributed by atoms with Gasteiger partial charge >= 0.3 is 47.8 Å². The van der Waals surface area contributed by atoms with Gasteiger partial charge in [0.25, 0.3) is 0 Å². The molecule has 10 aromatic carbocycles. The van der Waals surface area contributed by atoms with Crippen molar-refractivity contribution >= 4 is 47.8 Å². The van der Waals surface area contributed by atoms with Crippen LogP contribution >= 0.6 is 0 Å². The van der Waals surface area contributed by atoms with Gasteiger partial charge in [0.2, 0.25) is 0 Å². The summed E-state index contributed by atoms with van der Waals surface area (Å²) in [4.78, 5) is 95.6. The molecule has 104 heavy (non-hydrogen) atoms. The highest BCUT2D eigenvalue weighted by Crippen LogP contribution is 2.14. The SMILES string of the molecule is O=C(O)c1ccc(C[NH+](Cc2ccc(C[NH+](Cc3ccc(C(=O)O)cc3)Cc3ccc(C(=O)O)cc3)cc2)Cc2ccc(C(=O)O)cc2)cc1.O=C(O)c1ccc(C[NH+](Cc2ccc(C[NH+](Cc3ccc(C(=O)O)cc3)Cc3ccc(C(=O)O)cc3)cc2)Cc2ccc(C(=O)O)cc2)cc1.[Cl-].[Cl-].[Cl-].[Cl-]. The van der Waals surface area contributed by atoms with Crippen molar-refractivity contribution in [3.63, 3.8) is 0 Å². The summed E-state index contributed by atoms with van der Waals surface area (Å²) in [5.41, 5.74) is 14.0. The molecule has 20 nitrogen and oxygen atoms in total. The van der Waals surface area contributed by atoms with Gasteiger partial charge in [-0.2, -0.15) is 0 Å². The van der Waals surface area contributed by atoms with Crippen molar-refractivity contribution in [1.29, 1.82) is 0 Å². The number of quaternary nitrogens is 4. The first kappa shape index (κ1) is 83.6. The molecule has 0 aliphatic carbocycles. The van der Waals surface area contributed by atoms with E-state index >= 15 is 0 Å². The number of hydrogen-bond acceptors (Lipinski definition) is 8. The van der Waals surface area contributed by atoms with Crippen molar-refractivity contribution in [2.45, 2.75) is 78.5 Å². The molecule has 0 saturated heterocycles. The van der Waals surface area contributed by atoms with Crippen LogP contribution in [0.2, 0.25) is 0 Å². The fourth-order valence-electron chi connectivity index (χ4n) is 11.9. The van der Waals surface area contributed by atoms with Crippen molar-refractivity contribution < 1.29 is 148 Å². The zero-order chi connectivity index (χ0) is 71.2. The Balaban J connectivity index is 0.000000360. The van der Waals surface area contributed by atoms with Gasteiger partial charge in [-0.15, -0.1) is 0 Å². The first-order valence-electron chi connectivity index (χ1n) is 32.1. The molecular weight excluding hydrogens is 1410 g/mol. The summed E-state index contributed by atoms with van der Waals surface area (Å²) >= 11 is 0. The number of carboxylic acids is 8. The van der Waals surface area contributed by atoms with E-state index in [1.54, 1.807) is 97.1 Å². The average Bonchev–Trinajstić information content (AvgIpc) is 0.857. The van der Waals surface area contributed by atoms with Crippen LogP contribution in [-0.4, -0.2) is 88.6 Å². The number of carboxylic acid groups (broad SMARTS) is 8. The van der Waals surface area contributed by atoms with E-state index in [1.807, 2.05) is 97.1 Å². The van der Waals surface area contributed by atoms with Gasteiger partial charge in [0, 0.05) is 66.8 Å². The van der Waals surface area contributed by atoms with Crippen LogP contribution in [0.4, 0.5) is 0 Å². The fraction of sp³-hybridized carbons (Fsp3) is 0.150. The third kappa shape index (κ3) is 25.8. The second-order valence-corrected chi connectivity index (χ2v) is 24.8. The first-order chi connectivity index (χ1) is 48.0. The van der Waals surface area contributed by atoms with Crippen molar-refractivity contribution in [2.24, 2.45) is 0 Å². The molecule has 0 unspecified atom stereocenters. The highest BCUT2D eigenvalue weighted by molar-refractivity contribution is 5.90. The lowest BCUT2D eigenvalue weighted by Crippen LogP contribution is -3.08. The molecular formula is C80H76Cl4N4O16. The second-order valence-electron chi connectivity index (χ2n) is 24.8. The van der Waals surface area contributed by atoms with Crippen molar-refractivity contribution in [3.8, 4) is 0 Å². The van der Waals surface area contributed by atoms with Gasteiger partial charge in [0.15, 0.2) is 0 Å². The van der Waals surface area contributed by atoms with E-state index in [-0.39, 0.29) is 94.1 Å². The molecule has 0 aliphatic rings. The van der Waals surface area contributed by atoms with Gasteiger partial charge in [0.1, 0.15) is 78.5 Å². The Bertz CT molecular complexity index is 3660. The van der Waals surface area contributed by atoms with Crippen molar-refractivity contribution in [2.75, 3.05) is 0 Å². The smallest absolute Gasteiger partial charge is 0.335 e. The van der Waals surface area contributed by atoms with Gasteiger partial charge in [-0.1, -0.05) is 146 Å². The molecule has 0 spiro atoms. The fourth-order valence-corrected chi connectivity index (χ4v) is 11.9. The highest BCUT2D eigenvalue weighted by atomic mass is 35.5. The standard InChI is InChI=1S/2C40H36N2O8.4ClH/c2*43-37(44)33-13-5-29(6-14-33)23-41(24-30-7-15-34(16-8-30)38(45)46)21-27-1-2-28(4-3-27)22-42(25-31-9-17-35(18-10-31)39(47)48)26-32-11-19-36(20-12-32)40(49)50;;;;/h2*1-20H,21-26H2,(H,43,44)(H,45,46)(H,47,48)(H,49,50);4*1H. The van der Waals surface area contributed by atoms with Crippen molar-refractivity contribution in [3.05, 3.63) is 354 Å². The Hall–Kier alpha value is -11.0. The van der Waals surface area contributed by atoms with Crippen LogP contribution in [0.25, 0.3) is 0 Å². The minimum atomic E-state index is -0.980. The molecule has 0 atom stereocenters. The topological polar surface area (TPSA) is 316 Å². The number of carbonyl (C=O) groups is 8. The lowest BCUT2D eigenvalue weighted by atomic mass is 10.1. The largest absolute Gasteiger partial charge is 1.00 e. The number of rotatable bonds is 32. The van der Waals surface area contributed by atoms with Crippen LogP contribution in [0.15, 0.2) is 243 Å². The second kappa shape index (κ2) is 40.6. The van der Waals surface area contributed by atoms with Gasteiger partial charge < -0.3 is 110 Å². The predicted molar refractivity (Wildman–Crippen MR) is 368 cm³/mol. The summed E-state index contributed by atoms with van der Waals surface area (Å²) in [5.74, 6) is -7.84. The van der Waals surface area contributed by atoms with Crippen LogP contribution in [-0.2, 0) is 78.5 Å². The van der Waals surface area contributed by atoms with E-state index in [2.05, 4.69) is 48.5 Å². The zero-order valence-electron chi connectivity index (χ0n) is 55.9. The van der Waals surface area contributed by atoms with E-state index in [4.69, 9.17) is 0 Å². The Morgan fingerprint density at radius 1 is 0.154 bits per heavy atom. The molecule has 10 aromatic rings. The third-order valence-electron chi connectivity index (χ3n) is 17.1. The molecule has 0 bridgehead atoms. The Kier molecular flexibility index (Phi) is 32.6. The molecule has 0 fully saturated rings. The van der Waals surface area contributed by atoms with Crippen molar-refractivity contribution in [1.82, 2.24) is 0 Å². The van der Waals surface area contributed by atoms with Crippen LogP contribution < -0.4 is 69.2 Å². The molecule has 0 amide bonds. The monoisotopic (exact) mass is 1490 g/mol. The summed E-state index contributed by atoms with van der Waals surface area (Å²) in [6.45, 7) is 7.70. The normalized spacial score (nSPS) is 10.7. The molecule has 540 valence electrons. The molecule has 0 radical (unpaired) electrons. The number of benzene rings is 10. The Labute approximate surface area is 625 Å². The maximum atomic E-state index is 11.4. The molecule has 0 aromatic heterocycles. The third-order valence-corrected chi connectivity index (χ3v) is 17.1. The zero-order valence-corrected chi connectivity index (χ0v) is 59.0. The van der Waals surface area contributed by atoms with Crippen LogP contribution in [0, 0.1) is 0 Å². The summed E-state index contributed by atoms with van der Waals surface area (Å²) in [5, 5.41) is 74.4. The number of hydrogen-bond donors (Lipinski definition) is 12. The van der Waals surface area contributed by atoms with E-state index < -0.39 is 47.8 Å². The van der Waals surface area contributed by atoms with E-state index in [0.717, 1.165) is 66.8 Å². The maximum Gasteiger partial charge on any atom is 0.335 e. The average molecular weight is 1490 g/mol. The van der Waals surface area contributed by atoms with Crippen LogP contribution in [0.3, 0.4) is 0 Å². The Morgan fingerprint density at radius 3 is 0.288 bits per heavy atom. The van der Waals surface area contributed by atoms with Gasteiger partial charge in [0.05, 0.1) is 44.5 Å². The molecule has 0 heterocycles. The minimum absolute atomic E-state index is 0. The molecule has 10 rings (SSSR count). The minimum Gasteiger partial charge on any atom is -1.00 e. The number of nitrogens with one attached hydrogen (secondary N) is 4. The van der Waals surface area contributed by atoms with E-state index in [1.165, 1.54) is 19.6 Å². The van der Waals surface area contributed by atoms with E-state index in [9.17, 15) is 79.2 Å². The molecule has 0 saturated carbocycles. The predicted octanol–water partition coefficient (Wildman–Crippen LogP) is -3.88. The molecule has 24 heteroatoms. The first-order valence-corrected chi connectivity index (χ1v) is 32.1. The van der Waals surface area contributed by atoms with E-state index in [0.29, 0.717) is 78.5 Å². The lowest BCUT2D eigenvalue weighted by Gasteiger charge is -2.22. The van der Waals surface area contributed by atoms with Gasteiger partial charge in [-0.3, -0.25) is 0 Å². The summed E-state index contributed by atoms with van der Waals surface area (Å²) < 4.78 is 0. The number of halogens is 4. The maximum absolute atomic E-state index is 11.4. The highest BCUT2D eigenvalue weighted by Gasteiger charge is 2.21.